The van der Waals surface area contributed by atoms with E-state index in [4.69, 9.17) is 5.73 Å². The van der Waals surface area contributed by atoms with Gasteiger partial charge >= 0.3 is 0 Å². The second-order valence-corrected chi connectivity index (χ2v) is 3.05. The van der Waals surface area contributed by atoms with Crippen molar-refractivity contribution in [3.63, 3.8) is 0 Å². The van der Waals surface area contributed by atoms with Crippen molar-refractivity contribution in [3.8, 4) is 0 Å². The number of hydrogen-bond acceptors (Lipinski definition) is 4. The highest BCUT2D eigenvalue weighted by atomic mass is 32.2. The van der Waals surface area contributed by atoms with Crippen molar-refractivity contribution in [2.24, 2.45) is 0 Å². The molecular formula is C6H9N3S. The van der Waals surface area contributed by atoms with E-state index in [0.717, 1.165) is 10.6 Å². The average Bonchev–Trinajstić information content (AvgIpc) is 1.95. The van der Waals surface area contributed by atoms with Crippen LogP contribution in [0.1, 0.15) is 6.92 Å². The van der Waals surface area contributed by atoms with E-state index in [0.29, 0.717) is 5.95 Å². The lowest BCUT2D eigenvalue weighted by Crippen LogP contribution is -1.92. The van der Waals surface area contributed by atoms with Gasteiger partial charge < -0.3 is 5.73 Å². The molecule has 0 aliphatic rings. The first-order valence-electron chi connectivity index (χ1n) is 3.03. The summed E-state index contributed by atoms with van der Waals surface area (Å²) in [5, 5.41) is 0. The highest BCUT2D eigenvalue weighted by Gasteiger charge is 1.91. The van der Waals surface area contributed by atoms with Crippen molar-refractivity contribution in [1.82, 2.24) is 9.97 Å². The molecule has 1 heterocycles. The Kier molecular flexibility index (Phi) is 2.50. The van der Waals surface area contributed by atoms with Crippen molar-refractivity contribution in [1.29, 1.82) is 0 Å². The summed E-state index contributed by atoms with van der Waals surface area (Å²) in [4.78, 5) is 8.75. The molecule has 1 aromatic rings. The van der Waals surface area contributed by atoms with E-state index in [2.05, 4.69) is 16.9 Å². The minimum absolute atomic E-state index is 0.334. The number of rotatable bonds is 2. The first-order valence-corrected chi connectivity index (χ1v) is 4.02. The van der Waals surface area contributed by atoms with Gasteiger partial charge in [-0.2, -0.15) is 0 Å². The normalized spacial score (nSPS) is 9.70. The third-order valence-corrected chi connectivity index (χ3v) is 1.79. The highest BCUT2D eigenvalue weighted by Crippen LogP contribution is 2.14. The number of nitrogens with zero attached hydrogens (tertiary/aromatic N) is 2. The largest absolute Gasteiger partial charge is 0.368 e. The van der Waals surface area contributed by atoms with Crippen LogP contribution >= 0.6 is 11.8 Å². The Morgan fingerprint density at radius 1 is 1.50 bits per heavy atom. The maximum Gasteiger partial charge on any atom is 0.219 e. The van der Waals surface area contributed by atoms with Crippen LogP contribution in [-0.2, 0) is 0 Å². The third kappa shape index (κ3) is 1.88. The molecule has 0 saturated carbocycles. The fourth-order valence-corrected chi connectivity index (χ4v) is 1.16. The summed E-state index contributed by atoms with van der Waals surface area (Å²) in [5.74, 6) is 1.37. The molecule has 0 aliphatic carbocycles. The summed E-state index contributed by atoms with van der Waals surface area (Å²) in [6, 6.07) is 0. The van der Waals surface area contributed by atoms with Crippen molar-refractivity contribution in [2.75, 3.05) is 11.5 Å². The SMILES string of the molecule is CCSc1cnc(N)nc1. The van der Waals surface area contributed by atoms with E-state index < -0.39 is 0 Å². The Hall–Kier alpha value is -0.770. The summed E-state index contributed by atoms with van der Waals surface area (Å²) in [6.45, 7) is 2.08. The molecular weight excluding hydrogens is 146 g/mol. The van der Waals surface area contributed by atoms with E-state index in [9.17, 15) is 0 Å². The van der Waals surface area contributed by atoms with Crippen molar-refractivity contribution in [3.05, 3.63) is 12.4 Å². The summed E-state index contributed by atoms with van der Waals surface area (Å²) in [7, 11) is 0. The zero-order valence-electron chi connectivity index (χ0n) is 5.74. The van der Waals surface area contributed by atoms with Crippen molar-refractivity contribution in [2.45, 2.75) is 11.8 Å². The molecule has 0 radical (unpaired) electrons. The molecule has 10 heavy (non-hydrogen) atoms. The standard InChI is InChI=1S/C6H9N3S/c1-2-10-5-3-8-6(7)9-4-5/h3-4H,2H2,1H3,(H2,7,8,9). The van der Waals surface area contributed by atoms with E-state index >= 15 is 0 Å². The average molecular weight is 155 g/mol. The number of thioether (sulfide) groups is 1. The number of nitrogen functional groups attached to an aromatic ring is 1. The number of nitrogens with two attached hydrogens (primary N) is 1. The van der Waals surface area contributed by atoms with Gasteiger partial charge in [0.1, 0.15) is 0 Å². The monoisotopic (exact) mass is 155 g/mol. The van der Waals surface area contributed by atoms with E-state index in [-0.39, 0.29) is 0 Å². The van der Waals surface area contributed by atoms with Gasteiger partial charge in [-0.1, -0.05) is 6.92 Å². The molecule has 0 spiro atoms. The molecule has 54 valence electrons. The summed E-state index contributed by atoms with van der Waals surface area (Å²) < 4.78 is 0. The Labute approximate surface area is 64.1 Å². The molecule has 0 saturated heterocycles. The maximum absolute atomic E-state index is 5.29. The molecule has 2 N–H and O–H groups in total. The van der Waals surface area contributed by atoms with Gasteiger partial charge in [-0.05, 0) is 5.75 Å². The molecule has 0 aromatic carbocycles. The number of hydrogen-bond donors (Lipinski definition) is 1. The van der Waals surface area contributed by atoms with Gasteiger partial charge in [-0.15, -0.1) is 11.8 Å². The van der Waals surface area contributed by atoms with Crippen molar-refractivity contribution < 1.29 is 0 Å². The quantitative estimate of drug-likeness (QED) is 0.651. The van der Waals surface area contributed by atoms with Crippen LogP contribution in [0.4, 0.5) is 5.95 Å². The summed E-state index contributed by atoms with van der Waals surface area (Å²) in [5.41, 5.74) is 5.29. The maximum atomic E-state index is 5.29. The molecule has 3 nitrogen and oxygen atoms in total. The number of aromatic nitrogens is 2. The Bertz CT molecular complexity index is 197. The fourth-order valence-electron chi connectivity index (χ4n) is 0.567. The van der Waals surface area contributed by atoms with Gasteiger partial charge in [0.25, 0.3) is 0 Å². The van der Waals surface area contributed by atoms with Gasteiger partial charge in [-0.3, -0.25) is 0 Å². The predicted molar refractivity (Wildman–Crippen MR) is 42.8 cm³/mol. The lowest BCUT2D eigenvalue weighted by molar-refractivity contribution is 1.11. The van der Waals surface area contributed by atoms with Crippen LogP contribution < -0.4 is 5.73 Å². The topological polar surface area (TPSA) is 51.8 Å². The molecule has 0 amide bonds. The van der Waals surface area contributed by atoms with E-state index in [1.807, 2.05) is 0 Å². The first-order chi connectivity index (χ1) is 4.83. The third-order valence-electron chi connectivity index (χ3n) is 0.959. The molecule has 0 aliphatic heterocycles. The van der Waals surface area contributed by atoms with Crippen LogP contribution in [-0.4, -0.2) is 15.7 Å². The van der Waals surface area contributed by atoms with Gasteiger partial charge in [0, 0.05) is 17.3 Å². The Morgan fingerprint density at radius 3 is 2.60 bits per heavy atom. The summed E-state index contributed by atoms with van der Waals surface area (Å²) >= 11 is 1.70. The lowest BCUT2D eigenvalue weighted by Gasteiger charge is -1.95. The first kappa shape index (κ1) is 7.34. The summed E-state index contributed by atoms with van der Waals surface area (Å²) in [6.07, 6.45) is 3.47. The highest BCUT2D eigenvalue weighted by molar-refractivity contribution is 7.99. The second kappa shape index (κ2) is 3.41. The van der Waals surface area contributed by atoms with Gasteiger partial charge in [0.2, 0.25) is 5.95 Å². The van der Waals surface area contributed by atoms with Crippen LogP contribution in [0.15, 0.2) is 17.3 Å². The van der Waals surface area contributed by atoms with Crippen LogP contribution in [0.3, 0.4) is 0 Å². The predicted octanol–water partition coefficient (Wildman–Crippen LogP) is 1.17. The molecule has 4 heteroatoms. The zero-order chi connectivity index (χ0) is 7.40. The molecule has 0 fully saturated rings. The molecule has 0 unspecified atom stereocenters. The van der Waals surface area contributed by atoms with Gasteiger partial charge in [-0.25, -0.2) is 9.97 Å². The van der Waals surface area contributed by atoms with Crippen LogP contribution in [0, 0.1) is 0 Å². The molecule has 0 bridgehead atoms. The van der Waals surface area contributed by atoms with Crippen molar-refractivity contribution >= 4 is 17.7 Å². The Morgan fingerprint density at radius 2 is 2.10 bits per heavy atom. The lowest BCUT2D eigenvalue weighted by atomic mass is 10.7. The number of anilines is 1. The minimum Gasteiger partial charge on any atom is -0.368 e. The molecule has 0 atom stereocenters. The molecule has 1 aromatic heterocycles. The van der Waals surface area contributed by atoms with Crippen LogP contribution in [0.5, 0.6) is 0 Å². The van der Waals surface area contributed by atoms with E-state index in [1.165, 1.54) is 0 Å². The minimum atomic E-state index is 0.334. The smallest absolute Gasteiger partial charge is 0.219 e. The zero-order valence-corrected chi connectivity index (χ0v) is 6.56. The van der Waals surface area contributed by atoms with Gasteiger partial charge in [0.05, 0.1) is 0 Å². The van der Waals surface area contributed by atoms with Crippen LogP contribution in [0.2, 0.25) is 0 Å². The van der Waals surface area contributed by atoms with E-state index in [1.54, 1.807) is 24.2 Å². The van der Waals surface area contributed by atoms with Gasteiger partial charge in [0.15, 0.2) is 0 Å². The van der Waals surface area contributed by atoms with Crippen LogP contribution in [0.25, 0.3) is 0 Å². The Balaban J connectivity index is 2.69. The molecule has 1 rings (SSSR count). The second-order valence-electron chi connectivity index (χ2n) is 1.71. The fraction of sp³-hybridized carbons (Fsp3) is 0.333.